The van der Waals surface area contributed by atoms with E-state index in [-0.39, 0.29) is 18.7 Å². The largest absolute Gasteiger partial charge is 0.493 e. The fourth-order valence-electron chi connectivity index (χ4n) is 2.94. The van der Waals surface area contributed by atoms with Gasteiger partial charge in [-0.1, -0.05) is 45.4 Å². The van der Waals surface area contributed by atoms with Crippen molar-refractivity contribution in [2.75, 3.05) is 6.61 Å². The van der Waals surface area contributed by atoms with Crippen LogP contribution in [-0.4, -0.2) is 33.8 Å². The van der Waals surface area contributed by atoms with Crippen molar-refractivity contribution in [1.29, 1.82) is 0 Å². The first kappa shape index (κ1) is 22.9. The fourth-order valence-corrected chi connectivity index (χ4v) is 2.94. The first-order chi connectivity index (χ1) is 12.9. The number of benzene rings is 1. The first-order valence-corrected chi connectivity index (χ1v) is 9.72. The van der Waals surface area contributed by atoms with Gasteiger partial charge in [-0.3, -0.25) is 14.9 Å². The summed E-state index contributed by atoms with van der Waals surface area (Å²) in [6, 6.07) is 5.71. The summed E-state index contributed by atoms with van der Waals surface area (Å²) in [5, 5.41) is 30.0. The Morgan fingerprint density at radius 1 is 1.11 bits per heavy atom. The number of carbonyl (C=O) groups is 1. The SMILES string of the molecule is CCCCCCCCC(CC(O)CCOc1ccc([N+](=O)[O-])cc1)C(=O)O. The second-order valence-electron chi connectivity index (χ2n) is 6.87. The maximum absolute atomic E-state index is 11.4. The van der Waals surface area contributed by atoms with Gasteiger partial charge in [-0.15, -0.1) is 0 Å². The monoisotopic (exact) mass is 381 g/mol. The molecule has 27 heavy (non-hydrogen) atoms. The van der Waals surface area contributed by atoms with E-state index in [4.69, 9.17) is 4.74 Å². The highest BCUT2D eigenvalue weighted by Gasteiger charge is 2.21. The van der Waals surface area contributed by atoms with E-state index in [0.29, 0.717) is 18.6 Å². The molecule has 0 aliphatic rings. The zero-order valence-corrected chi connectivity index (χ0v) is 16.0. The molecule has 0 aromatic heterocycles. The Morgan fingerprint density at radius 2 is 1.74 bits per heavy atom. The molecule has 0 heterocycles. The lowest BCUT2D eigenvalue weighted by Crippen LogP contribution is -2.22. The van der Waals surface area contributed by atoms with Crippen molar-refractivity contribution in [1.82, 2.24) is 0 Å². The molecular weight excluding hydrogens is 350 g/mol. The number of aliphatic hydroxyl groups is 1. The van der Waals surface area contributed by atoms with Gasteiger partial charge in [0.25, 0.3) is 5.69 Å². The molecule has 0 spiro atoms. The molecule has 0 saturated carbocycles. The van der Waals surface area contributed by atoms with Crippen LogP contribution in [0, 0.1) is 16.0 Å². The molecule has 2 unspecified atom stereocenters. The summed E-state index contributed by atoms with van der Waals surface area (Å²) in [6.45, 7) is 2.38. The van der Waals surface area contributed by atoms with Crippen LogP contribution in [0.1, 0.15) is 64.7 Å². The molecule has 1 aromatic carbocycles. The summed E-state index contributed by atoms with van der Waals surface area (Å²) < 4.78 is 5.46. The van der Waals surface area contributed by atoms with Crippen LogP contribution in [0.15, 0.2) is 24.3 Å². The molecule has 7 heteroatoms. The molecule has 0 saturated heterocycles. The molecule has 2 N–H and O–H groups in total. The topological polar surface area (TPSA) is 110 Å². The van der Waals surface area contributed by atoms with Crippen LogP contribution in [-0.2, 0) is 4.79 Å². The van der Waals surface area contributed by atoms with Gasteiger partial charge >= 0.3 is 5.97 Å². The number of nitrogens with zero attached hydrogens (tertiary/aromatic N) is 1. The maximum atomic E-state index is 11.4. The number of hydrogen-bond donors (Lipinski definition) is 2. The zero-order valence-electron chi connectivity index (χ0n) is 16.0. The van der Waals surface area contributed by atoms with Crippen LogP contribution < -0.4 is 4.74 Å². The Bertz CT molecular complexity index is 560. The van der Waals surface area contributed by atoms with E-state index in [1.165, 1.54) is 43.5 Å². The zero-order chi connectivity index (χ0) is 20.1. The third kappa shape index (κ3) is 9.94. The highest BCUT2D eigenvalue weighted by atomic mass is 16.6. The van der Waals surface area contributed by atoms with E-state index in [9.17, 15) is 25.1 Å². The van der Waals surface area contributed by atoms with Crippen molar-refractivity contribution in [2.45, 2.75) is 70.8 Å². The van der Waals surface area contributed by atoms with Crippen LogP contribution >= 0.6 is 0 Å². The molecule has 0 aliphatic carbocycles. The first-order valence-electron chi connectivity index (χ1n) is 9.72. The molecule has 0 fully saturated rings. The standard InChI is InChI=1S/C20H31NO6/c1-2-3-4-5-6-7-8-16(20(23)24)15-18(22)13-14-27-19-11-9-17(10-12-19)21(25)26/h9-12,16,18,22H,2-8,13-15H2,1H3,(H,23,24). The Balaban J connectivity index is 2.27. The van der Waals surface area contributed by atoms with E-state index >= 15 is 0 Å². The summed E-state index contributed by atoms with van der Waals surface area (Å²) in [5.74, 6) is -0.917. The van der Waals surface area contributed by atoms with Crippen LogP contribution in [0.3, 0.4) is 0 Å². The van der Waals surface area contributed by atoms with Gasteiger partial charge in [-0.25, -0.2) is 0 Å². The Kier molecular flexibility index (Phi) is 11.1. The van der Waals surface area contributed by atoms with Gasteiger partial charge in [0.15, 0.2) is 0 Å². The molecule has 2 atom stereocenters. The number of nitro groups is 1. The van der Waals surface area contributed by atoms with Gasteiger partial charge in [0, 0.05) is 18.6 Å². The highest BCUT2D eigenvalue weighted by molar-refractivity contribution is 5.69. The van der Waals surface area contributed by atoms with Crippen molar-refractivity contribution in [2.24, 2.45) is 5.92 Å². The minimum absolute atomic E-state index is 0.0126. The second kappa shape index (κ2) is 13.1. The number of unbranched alkanes of at least 4 members (excludes halogenated alkanes) is 5. The number of non-ortho nitro benzene ring substituents is 1. The third-order valence-corrected chi connectivity index (χ3v) is 4.58. The number of carboxylic acid groups (broad SMARTS) is 1. The average molecular weight is 381 g/mol. The van der Waals surface area contributed by atoms with Crippen molar-refractivity contribution in [3.8, 4) is 5.75 Å². The van der Waals surface area contributed by atoms with E-state index in [0.717, 1.165) is 19.3 Å². The highest BCUT2D eigenvalue weighted by Crippen LogP contribution is 2.20. The smallest absolute Gasteiger partial charge is 0.306 e. The maximum Gasteiger partial charge on any atom is 0.306 e. The van der Waals surface area contributed by atoms with Crippen molar-refractivity contribution in [3.05, 3.63) is 34.4 Å². The summed E-state index contributed by atoms with van der Waals surface area (Å²) >= 11 is 0. The van der Waals surface area contributed by atoms with E-state index in [1.54, 1.807) is 0 Å². The molecule has 1 rings (SSSR count). The number of ether oxygens (including phenoxy) is 1. The van der Waals surface area contributed by atoms with Gasteiger partial charge in [0.05, 0.1) is 23.6 Å². The van der Waals surface area contributed by atoms with Crippen molar-refractivity contribution < 1.29 is 24.7 Å². The van der Waals surface area contributed by atoms with Crippen molar-refractivity contribution in [3.63, 3.8) is 0 Å². The minimum atomic E-state index is -0.862. The third-order valence-electron chi connectivity index (χ3n) is 4.58. The minimum Gasteiger partial charge on any atom is -0.493 e. The van der Waals surface area contributed by atoms with Crippen LogP contribution in [0.5, 0.6) is 5.75 Å². The average Bonchev–Trinajstić information content (AvgIpc) is 2.63. The Hall–Kier alpha value is -2.15. The second-order valence-corrected chi connectivity index (χ2v) is 6.87. The van der Waals surface area contributed by atoms with Crippen molar-refractivity contribution >= 4 is 11.7 Å². The quantitative estimate of drug-likeness (QED) is 0.262. The Labute approximate surface area is 160 Å². The molecular formula is C20H31NO6. The molecule has 1 aromatic rings. The number of hydrogen-bond acceptors (Lipinski definition) is 5. The molecule has 0 amide bonds. The lowest BCUT2D eigenvalue weighted by molar-refractivity contribution is -0.384. The van der Waals surface area contributed by atoms with Crippen LogP contribution in [0.25, 0.3) is 0 Å². The fraction of sp³-hybridized carbons (Fsp3) is 0.650. The predicted molar refractivity (Wildman–Crippen MR) is 103 cm³/mol. The van der Waals surface area contributed by atoms with Gasteiger partial charge in [-0.2, -0.15) is 0 Å². The summed E-state index contributed by atoms with van der Waals surface area (Å²) in [4.78, 5) is 21.5. The summed E-state index contributed by atoms with van der Waals surface area (Å²) in [6.07, 6.45) is 7.00. The van der Waals surface area contributed by atoms with Gasteiger partial charge in [0.2, 0.25) is 0 Å². The molecule has 152 valence electrons. The Morgan fingerprint density at radius 3 is 2.33 bits per heavy atom. The number of aliphatic hydroxyl groups excluding tert-OH is 1. The number of aliphatic carboxylic acids is 1. The van der Waals surface area contributed by atoms with Crippen LogP contribution in [0.2, 0.25) is 0 Å². The number of nitro benzene ring substituents is 1. The normalized spacial score (nSPS) is 13.1. The van der Waals surface area contributed by atoms with Crippen LogP contribution in [0.4, 0.5) is 5.69 Å². The van der Waals surface area contributed by atoms with Gasteiger partial charge in [0.1, 0.15) is 5.75 Å². The number of rotatable bonds is 15. The predicted octanol–water partition coefficient (Wildman–Crippen LogP) is 4.57. The number of carboxylic acids is 1. The van der Waals surface area contributed by atoms with E-state index in [1.807, 2.05) is 0 Å². The molecule has 0 radical (unpaired) electrons. The lowest BCUT2D eigenvalue weighted by Gasteiger charge is -2.17. The lowest BCUT2D eigenvalue weighted by atomic mass is 9.93. The van der Waals surface area contributed by atoms with Gasteiger partial charge < -0.3 is 14.9 Å². The van der Waals surface area contributed by atoms with E-state index < -0.39 is 22.9 Å². The molecule has 7 nitrogen and oxygen atoms in total. The molecule has 0 aliphatic heterocycles. The van der Waals surface area contributed by atoms with E-state index in [2.05, 4.69) is 6.92 Å². The summed E-state index contributed by atoms with van der Waals surface area (Å²) in [7, 11) is 0. The molecule has 0 bridgehead atoms. The summed E-state index contributed by atoms with van der Waals surface area (Å²) in [5.41, 5.74) is -0.0126. The van der Waals surface area contributed by atoms with Gasteiger partial charge in [-0.05, 0) is 25.0 Å².